The lowest BCUT2D eigenvalue weighted by molar-refractivity contribution is -0.144. The lowest BCUT2D eigenvalue weighted by Crippen LogP contribution is -2.50. The van der Waals surface area contributed by atoms with E-state index in [1.54, 1.807) is 37.3 Å². The van der Waals surface area contributed by atoms with Crippen LogP contribution in [0.25, 0.3) is 0 Å². The van der Waals surface area contributed by atoms with Gasteiger partial charge in [0.25, 0.3) is 0 Å². The molecular weight excluding hydrogens is 412 g/mol. The number of urea groups is 2. The second-order valence-corrected chi connectivity index (χ2v) is 9.08. The Balaban J connectivity index is 1.32. The van der Waals surface area contributed by atoms with Gasteiger partial charge in [-0.2, -0.15) is 0 Å². The zero-order valence-electron chi connectivity index (χ0n) is 18.2. The first-order valence-electron chi connectivity index (χ1n) is 11.1. The van der Waals surface area contributed by atoms with Gasteiger partial charge >= 0.3 is 23.9 Å². The summed E-state index contributed by atoms with van der Waals surface area (Å²) >= 11 is 0. The number of hydrogen-bond acceptors (Lipinski definition) is 5. The summed E-state index contributed by atoms with van der Waals surface area (Å²) in [6, 6.07) is 6.54. The van der Waals surface area contributed by atoms with Crippen LogP contribution in [0.3, 0.4) is 0 Å². The highest BCUT2D eigenvalue weighted by molar-refractivity contribution is 6.45. The molecule has 2 saturated carbocycles. The average Bonchev–Trinajstić information content (AvgIpc) is 3.45. The van der Waals surface area contributed by atoms with Gasteiger partial charge in [-0.25, -0.2) is 19.4 Å². The molecule has 32 heavy (non-hydrogen) atoms. The predicted molar refractivity (Wildman–Crippen MR) is 114 cm³/mol. The van der Waals surface area contributed by atoms with E-state index in [-0.39, 0.29) is 6.04 Å². The van der Waals surface area contributed by atoms with Crippen molar-refractivity contribution >= 4 is 29.8 Å². The maximum absolute atomic E-state index is 12.7. The van der Waals surface area contributed by atoms with Gasteiger partial charge in [0, 0.05) is 6.04 Å². The van der Waals surface area contributed by atoms with E-state index in [1.807, 2.05) is 6.92 Å². The number of benzene rings is 1. The second kappa shape index (κ2) is 8.72. The first-order chi connectivity index (χ1) is 15.3. The van der Waals surface area contributed by atoms with E-state index in [2.05, 4.69) is 10.6 Å². The van der Waals surface area contributed by atoms with Crippen LogP contribution >= 0.6 is 0 Å². The molecule has 0 radical (unpaired) electrons. The van der Waals surface area contributed by atoms with Gasteiger partial charge in [0.2, 0.25) is 5.91 Å². The highest BCUT2D eigenvalue weighted by Crippen LogP contribution is 2.49. The third-order valence-electron chi connectivity index (χ3n) is 7.10. The number of nitrogens with one attached hydrogen (secondary N) is 2. The molecule has 7 amide bonds. The second-order valence-electron chi connectivity index (χ2n) is 9.08. The number of carbonyl (C=O) groups excluding carboxylic acids is 5. The minimum atomic E-state index is -1.08. The summed E-state index contributed by atoms with van der Waals surface area (Å²) in [6.45, 7) is 2.87. The molecular formula is C23H28N4O5. The maximum atomic E-state index is 12.7. The topological polar surface area (TPSA) is 116 Å². The Kier molecular flexibility index (Phi) is 5.99. The lowest BCUT2D eigenvalue weighted by atomic mass is 9.84. The van der Waals surface area contributed by atoms with E-state index >= 15 is 0 Å². The third-order valence-corrected chi connectivity index (χ3v) is 7.10. The first kappa shape index (κ1) is 22.0. The van der Waals surface area contributed by atoms with Crippen LogP contribution < -0.4 is 10.6 Å². The molecule has 5 unspecified atom stereocenters. The van der Waals surface area contributed by atoms with Crippen molar-refractivity contribution in [1.29, 1.82) is 0 Å². The molecule has 5 atom stereocenters. The van der Waals surface area contributed by atoms with Crippen molar-refractivity contribution in [2.24, 2.45) is 17.8 Å². The largest absolute Gasteiger partial charge is 0.335 e. The summed E-state index contributed by atoms with van der Waals surface area (Å²) < 4.78 is 0. The zero-order valence-corrected chi connectivity index (χ0v) is 18.2. The Morgan fingerprint density at radius 2 is 1.75 bits per heavy atom. The molecule has 1 heterocycles. The fraction of sp³-hybridized carbons (Fsp3) is 0.522. The summed E-state index contributed by atoms with van der Waals surface area (Å²) in [6.07, 6.45) is 4.75. The number of rotatable bonds is 6. The van der Waals surface area contributed by atoms with Crippen molar-refractivity contribution in [3.8, 4) is 0 Å². The van der Waals surface area contributed by atoms with Crippen LogP contribution in [-0.4, -0.2) is 52.2 Å². The SMILES string of the molecule is CC(NC(=O)NC(=O)CN1C(=O)C(=O)N(C(C)c2ccccc2)C1=O)C1CC2CCC1C2. The zero-order chi connectivity index (χ0) is 23.0. The monoisotopic (exact) mass is 440 g/mol. The van der Waals surface area contributed by atoms with Crippen LogP contribution in [0.15, 0.2) is 30.3 Å². The Morgan fingerprint density at radius 3 is 2.38 bits per heavy atom. The molecule has 4 rings (SSSR count). The summed E-state index contributed by atoms with van der Waals surface area (Å²) in [4.78, 5) is 63.5. The normalized spacial score (nSPS) is 26.4. The van der Waals surface area contributed by atoms with Crippen LogP contribution in [0.5, 0.6) is 0 Å². The molecule has 3 aliphatic rings. The van der Waals surface area contributed by atoms with Crippen molar-refractivity contribution in [2.45, 2.75) is 51.6 Å². The van der Waals surface area contributed by atoms with E-state index in [9.17, 15) is 24.0 Å². The fourth-order valence-corrected chi connectivity index (χ4v) is 5.45. The van der Waals surface area contributed by atoms with E-state index in [4.69, 9.17) is 0 Å². The summed E-state index contributed by atoms with van der Waals surface area (Å²) in [5, 5.41) is 4.98. The maximum Gasteiger partial charge on any atom is 0.335 e. The van der Waals surface area contributed by atoms with Gasteiger partial charge in [0.1, 0.15) is 6.54 Å². The molecule has 1 aromatic rings. The standard InChI is InChI=1S/C23H28N4O5/c1-13(18-11-15-8-9-17(18)10-15)24-22(31)25-19(28)12-26-20(29)21(30)27(23(26)32)14(2)16-6-4-3-5-7-16/h3-7,13-15,17-18H,8-12H2,1-2H3,(H2,24,25,28,31). The van der Waals surface area contributed by atoms with Crippen molar-refractivity contribution in [1.82, 2.24) is 20.4 Å². The summed E-state index contributed by atoms with van der Waals surface area (Å²) in [7, 11) is 0. The Hall–Kier alpha value is -3.23. The van der Waals surface area contributed by atoms with E-state index in [1.165, 1.54) is 19.3 Å². The molecule has 9 nitrogen and oxygen atoms in total. The molecule has 9 heteroatoms. The van der Waals surface area contributed by atoms with E-state index < -0.39 is 42.4 Å². The summed E-state index contributed by atoms with van der Waals surface area (Å²) in [5.41, 5.74) is 0.683. The van der Waals surface area contributed by atoms with Crippen LogP contribution in [0.4, 0.5) is 9.59 Å². The third kappa shape index (κ3) is 4.11. The van der Waals surface area contributed by atoms with Crippen molar-refractivity contribution < 1.29 is 24.0 Å². The number of nitrogens with zero attached hydrogens (tertiary/aromatic N) is 2. The van der Waals surface area contributed by atoms with Crippen LogP contribution in [0.1, 0.15) is 51.1 Å². The number of fused-ring (bicyclic) bond motifs is 2. The lowest BCUT2D eigenvalue weighted by Gasteiger charge is -2.28. The quantitative estimate of drug-likeness (QED) is 0.520. The fourth-order valence-electron chi connectivity index (χ4n) is 5.45. The number of imide groups is 3. The van der Waals surface area contributed by atoms with Crippen molar-refractivity contribution in [3.05, 3.63) is 35.9 Å². The smallest absolute Gasteiger partial charge is 0.335 e. The van der Waals surface area contributed by atoms with Gasteiger partial charge < -0.3 is 5.32 Å². The predicted octanol–water partition coefficient (Wildman–Crippen LogP) is 2.19. The first-order valence-corrected chi connectivity index (χ1v) is 11.1. The molecule has 1 aromatic carbocycles. The molecule has 2 aliphatic carbocycles. The van der Waals surface area contributed by atoms with Crippen molar-refractivity contribution in [2.75, 3.05) is 6.54 Å². The van der Waals surface area contributed by atoms with Gasteiger partial charge in [-0.1, -0.05) is 36.8 Å². The molecule has 2 N–H and O–H groups in total. The van der Waals surface area contributed by atoms with Gasteiger partial charge in [-0.05, 0) is 56.4 Å². The van der Waals surface area contributed by atoms with Crippen molar-refractivity contribution in [3.63, 3.8) is 0 Å². The molecule has 1 aliphatic heterocycles. The number of hydrogen-bond donors (Lipinski definition) is 2. The molecule has 1 saturated heterocycles. The van der Waals surface area contributed by atoms with E-state index in [0.29, 0.717) is 22.3 Å². The van der Waals surface area contributed by atoms with Crippen LogP contribution in [0, 0.1) is 17.8 Å². The minimum Gasteiger partial charge on any atom is -0.335 e. The van der Waals surface area contributed by atoms with Gasteiger partial charge in [0.05, 0.1) is 6.04 Å². The minimum absolute atomic E-state index is 0.0723. The average molecular weight is 441 g/mol. The molecule has 170 valence electrons. The summed E-state index contributed by atoms with van der Waals surface area (Å²) in [5.74, 6) is -1.13. The number of amides is 7. The van der Waals surface area contributed by atoms with Crippen LogP contribution in [-0.2, 0) is 14.4 Å². The molecule has 3 fully saturated rings. The van der Waals surface area contributed by atoms with Crippen LogP contribution in [0.2, 0.25) is 0 Å². The molecule has 0 spiro atoms. The van der Waals surface area contributed by atoms with Gasteiger partial charge in [0.15, 0.2) is 0 Å². The number of carbonyl (C=O) groups is 5. The Bertz CT molecular complexity index is 949. The van der Waals surface area contributed by atoms with Gasteiger partial charge in [-0.15, -0.1) is 0 Å². The highest BCUT2D eigenvalue weighted by atomic mass is 16.2. The Labute approximate surface area is 186 Å². The van der Waals surface area contributed by atoms with E-state index in [0.717, 1.165) is 17.2 Å². The Morgan fingerprint density at radius 1 is 1.03 bits per heavy atom. The molecule has 0 aromatic heterocycles. The molecule has 2 bridgehead atoms. The highest BCUT2D eigenvalue weighted by Gasteiger charge is 2.48. The van der Waals surface area contributed by atoms with Gasteiger partial charge in [-0.3, -0.25) is 19.7 Å².